The second kappa shape index (κ2) is 10.2. The van der Waals surface area contributed by atoms with Gasteiger partial charge in [0.05, 0.1) is 5.92 Å². The van der Waals surface area contributed by atoms with Crippen molar-refractivity contribution in [3.8, 4) is 0 Å². The van der Waals surface area contributed by atoms with E-state index in [-0.39, 0.29) is 18.0 Å². The number of esters is 1. The second-order valence-electron chi connectivity index (χ2n) is 7.70. The molecule has 2 nitrogen and oxygen atoms in total. The normalized spacial score (nSPS) is 32.1. The summed E-state index contributed by atoms with van der Waals surface area (Å²) in [4.78, 5) is 12.4. The van der Waals surface area contributed by atoms with Crippen LogP contribution in [0.5, 0.6) is 0 Å². The van der Waals surface area contributed by atoms with Crippen molar-refractivity contribution in [3.05, 3.63) is 12.2 Å². The molecule has 2 aliphatic carbocycles. The zero-order valence-corrected chi connectivity index (χ0v) is 15.3. The van der Waals surface area contributed by atoms with Gasteiger partial charge in [0.25, 0.3) is 0 Å². The number of hydrogen-bond donors (Lipinski definition) is 0. The van der Waals surface area contributed by atoms with Gasteiger partial charge in [0.1, 0.15) is 6.10 Å². The highest BCUT2D eigenvalue weighted by molar-refractivity contribution is 5.72. The number of unbranched alkanes of at least 4 members (excludes halogenated alkanes) is 1. The Bertz CT molecular complexity index is 358. The molecule has 2 saturated carbocycles. The summed E-state index contributed by atoms with van der Waals surface area (Å²) in [5.74, 6) is 1.85. The molecular formula is C21H36O2. The summed E-state index contributed by atoms with van der Waals surface area (Å²) in [6.45, 7) is 4.48. The molecule has 0 aromatic carbocycles. The Morgan fingerprint density at radius 3 is 2.26 bits per heavy atom. The minimum atomic E-state index is 0.102. The fourth-order valence-corrected chi connectivity index (χ4v) is 4.21. The van der Waals surface area contributed by atoms with Gasteiger partial charge < -0.3 is 4.74 Å². The maximum atomic E-state index is 12.4. The Morgan fingerprint density at radius 2 is 1.65 bits per heavy atom. The van der Waals surface area contributed by atoms with E-state index in [2.05, 4.69) is 26.0 Å². The summed E-state index contributed by atoms with van der Waals surface area (Å²) in [5.41, 5.74) is 0. The van der Waals surface area contributed by atoms with Crippen LogP contribution in [0.4, 0.5) is 0 Å². The summed E-state index contributed by atoms with van der Waals surface area (Å²) in [5, 5.41) is 0. The Labute approximate surface area is 143 Å². The third-order valence-electron chi connectivity index (χ3n) is 5.74. The monoisotopic (exact) mass is 320 g/mol. The molecule has 0 unspecified atom stereocenters. The number of allylic oxidation sites excluding steroid dienone is 2. The van der Waals surface area contributed by atoms with E-state index < -0.39 is 0 Å². The lowest BCUT2D eigenvalue weighted by Gasteiger charge is -2.31. The fraction of sp³-hybridized carbons (Fsp3) is 0.857. The van der Waals surface area contributed by atoms with Crippen LogP contribution in [0.25, 0.3) is 0 Å². The summed E-state index contributed by atoms with van der Waals surface area (Å²) in [7, 11) is 0. The molecule has 0 saturated heterocycles. The Hall–Kier alpha value is -0.790. The topological polar surface area (TPSA) is 26.3 Å². The number of hydrogen-bond acceptors (Lipinski definition) is 2. The van der Waals surface area contributed by atoms with Gasteiger partial charge in [0.15, 0.2) is 0 Å². The molecule has 0 atom stereocenters. The van der Waals surface area contributed by atoms with Crippen LogP contribution >= 0.6 is 0 Å². The summed E-state index contributed by atoms with van der Waals surface area (Å²) in [6.07, 6.45) is 18.9. The van der Waals surface area contributed by atoms with Crippen molar-refractivity contribution < 1.29 is 9.53 Å². The highest BCUT2D eigenvalue weighted by atomic mass is 16.5. The Balaban J connectivity index is 1.65. The quantitative estimate of drug-likeness (QED) is 0.421. The lowest BCUT2D eigenvalue weighted by atomic mass is 9.80. The van der Waals surface area contributed by atoms with Crippen molar-refractivity contribution in [1.29, 1.82) is 0 Å². The van der Waals surface area contributed by atoms with Crippen LogP contribution in [0.15, 0.2) is 12.2 Å². The van der Waals surface area contributed by atoms with Crippen LogP contribution in [-0.4, -0.2) is 12.1 Å². The van der Waals surface area contributed by atoms with E-state index in [4.69, 9.17) is 4.74 Å². The van der Waals surface area contributed by atoms with E-state index in [1.807, 2.05) is 0 Å². The standard InChI is InChI=1S/C21H36O2/c1-3-5-6-8-18-11-15-20(16-12-18)23-21(22)19-13-9-17(7-4-2)10-14-19/h6,8,17-20H,3-5,7,9-16H2,1-2H3/b8-6+/t17-,18?,19-,20?. The van der Waals surface area contributed by atoms with Crippen LogP contribution in [0.3, 0.4) is 0 Å². The van der Waals surface area contributed by atoms with Crippen LogP contribution in [0, 0.1) is 17.8 Å². The molecule has 2 heteroatoms. The summed E-state index contributed by atoms with van der Waals surface area (Å²) < 4.78 is 5.84. The minimum Gasteiger partial charge on any atom is -0.462 e. The van der Waals surface area contributed by atoms with Crippen LogP contribution in [-0.2, 0) is 9.53 Å². The maximum Gasteiger partial charge on any atom is 0.309 e. The van der Waals surface area contributed by atoms with Crippen molar-refractivity contribution in [3.63, 3.8) is 0 Å². The third kappa shape index (κ3) is 6.31. The smallest absolute Gasteiger partial charge is 0.309 e. The predicted octanol–water partition coefficient (Wildman–Crippen LogP) is 6.05. The first-order valence-electron chi connectivity index (χ1n) is 10.1. The number of carbonyl (C=O) groups excluding carboxylic acids is 1. The van der Waals surface area contributed by atoms with Gasteiger partial charge in [-0.3, -0.25) is 4.79 Å². The van der Waals surface area contributed by atoms with Gasteiger partial charge in [-0.15, -0.1) is 0 Å². The van der Waals surface area contributed by atoms with Crippen molar-refractivity contribution >= 4 is 5.97 Å². The molecule has 2 aliphatic rings. The molecule has 23 heavy (non-hydrogen) atoms. The van der Waals surface area contributed by atoms with Crippen molar-refractivity contribution in [2.75, 3.05) is 0 Å². The fourth-order valence-electron chi connectivity index (χ4n) is 4.21. The summed E-state index contributed by atoms with van der Waals surface area (Å²) >= 11 is 0. The lowest BCUT2D eigenvalue weighted by Crippen LogP contribution is -2.29. The van der Waals surface area contributed by atoms with Gasteiger partial charge in [0, 0.05) is 0 Å². The number of carbonyl (C=O) groups is 1. The number of ether oxygens (including phenoxy) is 1. The maximum absolute atomic E-state index is 12.4. The van der Waals surface area contributed by atoms with Crippen molar-refractivity contribution in [2.24, 2.45) is 17.8 Å². The Kier molecular flexibility index (Phi) is 8.19. The molecule has 0 amide bonds. The van der Waals surface area contributed by atoms with Crippen molar-refractivity contribution in [2.45, 2.75) is 97.0 Å². The minimum absolute atomic E-state index is 0.102. The van der Waals surface area contributed by atoms with E-state index in [9.17, 15) is 4.79 Å². The molecule has 132 valence electrons. The van der Waals surface area contributed by atoms with Gasteiger partial charge >= 0.3 is 5.97 Å². The van der Waals surface area contributed by atoms with Crippen molar-refractivity contribution in [1.82, 2.24) is 0 Å². The predicted molar refractivity (Wildman–Crippen MR) is 96.2 cm³/mol. The first kappa shape index (κ1) is 18.5. The lowest BCUT2D eigenvalue weighted by molar-refractivity contribution is -0.157. The average molecular weight is 321 g/mol. The molecule has 0 radical (unpaired) electrons. The number of rotatable bonds is 7. The molecule has 0 spiro atoms. The first-order chi connectivity index (χ1) is 11.2. The van der Waals surface area contributed by atoms with E-state index in [1.54, 1.807) is 0 Å². The van der Waals surface area contributed by atoms with Crippen LogP contribution in [0.1, 0.15) is 90.9 Å². The molecule has 0 aromatic heterocycles. The molecule has 0 aliphatic heterocycles. The summed E-state index contributed by atoms with van der Waals surface area (Å²) in [6, 6.07) is 0. The molecule has 0 bridgehead atoms. The Morgan fingerprint density at radius 1 is 0.957 bits per heavy atom. The molecule has 2 rings (SSSR count). The molecule has 0 aromatic rings. The first-order valence-corrected chi connectivity index (χ1v) is 10.1. The second-order valence-corrected chi connectivity index (χ2v) is 7.70. The van der Waals surface area contributed by atoms with Gasteiger partial charge in [-0.1, -0.05) is 45.3 Å². The van der Waals surface area contributed by atoms with E-state index in [0.717, 1.165) is 31.6 Å². The van der Waals surface area contributed by atoms with Gasteiger partial charge in [-0.25, -0.2) is 0 Å². The highest BCUT2D eigenvalue weighted by Crippen LogP contribution is 2.34. The van der Waals surface area contributed by atoms with Gasteiger partial charge in [0.2, 0.25) is 0 Å². The van der Waals surface area contributed by atoms with E-state index in [0.29, 0.717) is 5.92 Å². The SMILES string of the molecule is CCC/C=C/C1CCC(OC(=O)[C@H]2CC[C@H](CCC)CC2)CC1. The largest absolute Gasteiger partial charge is 0.462 e. The van der Waals surface area contributed by atoms with Crippen LogP contribution in [0.2, 0.25) is 0 Å². The average Bonchev–Trinajstić information content (AvgIpc) is 2.57. The third-order valence-corrected chi connectivity index (χ3v) is 5.74. The van der Waals surface area contributed by atoms with Gasteiger partial charge in [-0.2, -0.15) is 0 Å². The molecule has 2 fully saturated rings. The van der Waals surface area contributed by atoms with E-state index in [1.165, 1.54) is 51.4 Å². The zero-order valence-electron chi connectivity index (χ0n) is 15.3. The molecular weight excluding hydrogens is 284 g/mol. The van der Waals surface area contributed by atoms with Crippen LogP contribution < -0.4 is 0 Å². The molecule has 0 heterocycles. The highest BCUT2D eigenvalue weighted by Gasteiger charge is 2.30. The molecule has 0 N–H and O–H groups in total. The van der Waals surface area contributed by atoms with Gasteiger partial charge in [-0.05, 0) is 69.6 Å². The zero-order chi connectivity index (χ0) is 16.5. The van der Waals surface area contributed by atoms with E-state index >= 15 is 0 Å².